The smallest absolute Gasteiger partial charge is 0.152 e. The second kappa shape index (κ2) is 3.88. The molecule has 1 unspecified atom stereocenters. The van der Waals surface area contributed by atoms with Crippen LogP contribution in [0, 0.1) is 0 Å². The van der Waals surface area contributed by atoms with E-state index >= 15 is 0 Å². The van der Waals surface area contributed by atoms with Crippen LogP contribution in [-0.4, -0.2) is 25.5 Å². The molecule has 2 rings (SSSR count). The Bertz CT molecular complexity index is 424. The molecule has 84 valence electrons. The van der Waals surface area contributed by atoms with Gasteiger partial charge in [0.1, 0.15) is 0 Å². The topological polar surface area (TPSA) is 60.2 Å². The first-order valence-electron chi connectivity index (χ1n) is 5.01. The third kappa shape index (κ3) is 2.80. The second-order valence-corrected chi connectivity index (χ2v) is 7.50. The minimum Gasteiger partial charge on any atom is -0.324 e. The molecule has 15 heavy (non-hydrogen) atoms. The number of nitrogens with two attached hydrogens (primary N) is 1. The molecular weight excluding hydrogens is 230 g/mol. The summed E-state index contributed by atoms with van der Waals surface area (Å²) >= 11 is 1.70. The number of thiophene rings is 1. The Morgan fingerprint density at radius 3 is 2.87 bits per heavy atom. The highest BCUT2D eigenvalue weighted by Crippen LogP contribution is 2.26. The van der Waals surface area contributed by atoms with Crippen LogP contribution in [0.25, 0.3) is 0 Å². The van der Waals surface area contributed by atoms with Crippen LogP contribution in [0.5, 0.6) is 0 Å². The molecule has 2 N–H and O–H groups in total. The molecule has 0 aromatic carbocycles. The molecule has 2 heterocycles. The maximum Gasteiger partial charge on any atom is 0.152 e. The normalized spacial score (nSPS) is 29.4. The first-order chi connectivity index (χ1) is 6.99. The Morgan fingerprint density at radius 2 is 2.33 bits per heavy atom. The maximum atomic E-state index is 11.3. The van der Waals surface area contributed by atoms with E-state index in [1.54, 1.807) is 11.3 Å². The van der Waals surface area contributed by atoms with Gasteiger partial charge in [-0.05, 0) is 30.7 Å². The molecular formula is C10H15NO2S2. The Kier molecular flexibility index (Phi) is 2.87. The highest BCUT2D eigenvalue weighted by atomic mass is 32.2. The summed E-state index contributed by atoms with van der Waals surface area (Å²) in [6, 6.07) is 4.08. The van der Waals surface area contributed by atoms with Crippen LogP contribution in [0.2, 0.25) is 0 Å². The molecule has 0 spiro atoms. The Labute approximate surface area is 94.2 Å². The highest BCUT2D eigenvalue weighted by molar-refractivity contribution is 7.91. The third-order valence-electron chi connectivity index (χ3n) is 2.87. The van der Waals surface area contributed by atoms with Gasteiger partial charge in [0.2, 0.25) is 0 Å². The molecule has 3 nitrogen and oxygen atoms in total. The van der Waals surface area contributed by atoms with Gasteiger partial charge in [-0.3, -0.25) is 0 Å². The van der Waals surface area contributed by atoms with Gasteiger partial charge < -0.3 is 5.73 Å². The van der Waals surface area contributed by atoms with Gasteiger partial charge in [0.15, 0.2) is 9.84 Å². The lowest BCUT2D eigenvalue weighted by atomic mass is 9.94. The first kappa shape index (κ1) is 11.1. The fraction of sp³-hybridized carbons (Fsp3) is 0.600. The SMILES string of the molecule is NC1(CCc2cccs2)CCS(=O)(=O)C1. The largest absolute Gasteiger partial charge is 0.324 e. The van der Waals surface area contributed by atoms with Gasteiger partial charge >= 0.3 is 0 Å². The molecule has 1 aliphatic rings. The molecule has 1 aliphatic heterocycles. The third-order valence-corrected chi connectivity index (χ3v) is 5.64. The standard InChI is InChI=1S/C10H15NO2S2/c11-10(5-7-15(12,13)8-10)4-3-9-2-1-6-14-9/h1-2,6H,3-5,7-8,11H2. The second-order valence-electron chi connectivity index (χ2n) is 4.28. The number of aryl methyl sites for hydroxylation is 1. The van der Waals surface area contributed by atoms with Crippen LogP contribution in [0.1, 0.15) is 17.7 Å². The van der Waals surface area contributed by atoms with Crippen LogP contribution in [0.3, 0.4) is 0 Å². The Morgan fingerprint density at radius 1 is 1.53 bits per heavy atom. The van der Waals surface area contributed by atoms with Crippen molar-refractivity contribution in [1.29, 1.82) is 0 Å². The van der Waals surface area contributed by atoms with Gasteiger partial charge in [-0.15, -0.1) is 11.3 Å². The van der Waals surface area contributed by atoms with Crippen LogP contribution in [0.4, 0.5) is 0 Å². The van der Waals surface area contributed by atoms with E-state index in [1.807, 2.05) is 11.4 Å². The molecule has 0 saturated carbocycles. The van der Waals surface area contributed by atoms with E-state index in [0.29, 0.717) is 6.42 Å². The summed E-state index contributed by atoms with van der Waals surface area (Å²) in [5.41, 5.74) is 5.59. The van der Waals surface area contributed by atoms with E-state index in [-0.39, 0.29) is 11.5 Å². The molecule has 1 aromatic heterocycles. The fourth-order valence-electron chi connectivity index (χ4n) is 1.97. The lowest BCUT2D eigenvalue weighted by molar-refractivity contribution is 0.444. The highest BCUT2D eigenvalue weighted by Gasteiger charge is 2.38. The Hall–Kier alpha value is -0.390. The van der Waals surface area contributed by atoms with Crippen LogP contribution in [0.15, 0.2) is 17.5 Å². The number of rotatable bonds is 3. The summed E-state index contributed by atoms with van der Waals surface area (Å²) in [6.45, 7) is 0. The summed E-state index contributed by atoms with van der Waals surface area (Å²) in [7, 11) is -2.87. The van der Waals surface area contributed by atoms with Crippen LogP contribution < -0.4 is 5.73 Å². The molecule has 1 aromatic rings. The summed E-state index contributed by atoms with van der Waals surface area (Å²) < 4.78 is 22.7. The predicted molar refractivity (Wildman–Crippen MR) is 62.8 cm³/mol. The zero-order chi connectivity index (χ0) is 10.9. The summed E-state index contributed by atoms with van der Waals surface area (Å²) in [4.78, 5) is 1.28. The van der Waals surface area contributed by atoms with E-state index in [9.17, 15) is 8.42 Å². The number of hydrogen-bond donors (Lipinski definition) is 1. The minimum absolute atomic E-state index is 0.158. The zero-order valence-corrected chi connectivity index (χ0v) is 10.1. The molecule has 0 radical (unpaired) electrons. The molecule has 1 atom stereocenters. The van der Waals surface area contributed by atoms with Gasteiger partial charge in [-0.2, -0.15) is 0 Å². The molecule has 1 saturated heterocycles. The lowest BCUT2D eigenvalue weighted by Gasteiger charge is -2.21. The zero-order valence-electron chi connectivity index (χ0n) is 8.48. The van der Waals surface area contributed by atoms with E-state index in [1.165, 1.54) is 4.88 Å². The molecule has 0 bridgehead atoms. The van der Waals surface area contributed by atoms with Crippen molar-refractivity contribution in [3.05, 3.63) is 22.4 Å². The van der Waals surface area contributed by atoms with Crippen molar-refractivity contribution in [2.24, 2.45) is 5.73 Å². The fourth-order valence-corrected chi connectivity index (χ4v) is 4.70. The van der Waals surface area contributed by atoms with E-state index in [2.05, 4.69) is 6.07 Å². The van der Waals surface area contributed by atoms with Gasteiger partial charge in [0.05, 0.1) is 11.5 Å². The van der Waals surface area contributed by atoms with Gasteiger partial charge in [-0.1, -0.05) is 6.07 Å². The van der Waals surface area contributed by atoms with Crippen molar-refractivity contribution in [1.82, 2.24) is 0 Å². The average Bonchev–Trinajstić information content (AvgIpc) is 2.71. The summed E-state index contributed by atoms with van der Waals surface area (Å²) in [5.74, 6) is 0.416. The average molecular weight is 245 g/mol. The van der Waals surface area contributed by atoms with E-state index < -0.39 is 15.4 Å². The Balaban J connectivity index is 1.95. The van der Waals surface area contributed by atoms with Gasteiger partial charge in [0.25, 0.3) is 0 Å². The van der Waals surface area contributed by atoms with Crippen LogP contribution in [-0.2, 0) is 16.3 Å². The lowest BCUT2D eigenvalue weighted by Crippen LogP contribution is -2.41. The van der Waals surface area contributed by atoms with Crippen molar-refractivity contribution >= 4 is 21.2 Å². The first-order valence-corrected chi connectivity index (χ1v) is 7.71. The number of hydrogen-bond acceptors (Lipinski definition) is 4. The van der Waals surface area contributed by atoms with Gasteiger partial charge in [-0.25, -0.2) is 8.42 Å². The van der Waals surface area contributed by atoms with Crippen molar-refractivity contribution in [2.75, 3.05) is 11.5 Å². The monoisotopic (exact) mass is 245 g/mol. The van der Waals surface area contributed by atoms with Crippen LogP contribution >= 0.6 is 11.3 Å². The van der Waals surface area contributed by atoms with Gasteiger partial charge in [0, 0.05) is 10.4 Å². The number of sulfone groups is 1. The van der Waals surface area contributed by atoms with Crippen molar-refractivity contribution in [2.45, 2.75) is 24.8 Å². The molecule has 0 aliphatic carbocycles. The summed E-state index contributed by atoms with van der Waals surface area (Å²) in [5, 5.41) is 2.03. The van der Waals surface area contributed by atoms with Crippen molar-refractivity contribution < 1.29 is 8.42 Å². The maximum absolute atomic E-state index is 11.3. The predicted octanol–water partition coefficient (Wildman–Crippen LogP) is 1.20. The van der Waals surface area contributed by atoms with Crippen molar-refractivity contribution in [3.8, 4) is 0 Å². The molecule has 0 amide bonds. The summed E-state index contributed by atoms with van der Waals surface area (Å²) in [6.07, 6.45) is 2.27. The quantitative estimate of drug-likeness (QED) is 0.870. The van der Waals surface area contributed by atoms with E-state index in [0.717, 1.165) is 12.8 Å². The molecule has 5 heteroatoms. The minimum atomic E-state index is -2.87. The molecule has 1 fully saturated rings. The van der Waals surface area contributed by atoms with E-state index in [4.69, 9.17) is 5.73 Å². The van der Waals surface area contributed by atoms with Crippen molar-refractivity contribution in [3.63, 3.8) is 0 Å².